The largest absolute Gasteiger partial charge is 0.481 e. The van der Waals surface area contributed by atoms with Gasteiger partial charge in [0.15, 0.2) is 5.78 Å². The smallest absolute Gasteiger partial charge is 0.216 e. The third kappa shape index (κ3) is 2.81. The average molecular weight is 234 g/mol. The molecule has 0 N–H and O–H groups in total. The first-order valence-electron chi connectivity index (χ1n) is 6.11. The van der Waals surface area contributed by atoms with Gasteiger partial charge in [-0.2, -0.15) is 0 Å². The first-order valence-corrected chi connectivity index (χ1v) is 6.11. The van der Waals surface area contributed by atoms with Gasteiger partial charge in [-0.25, -0.2) is 9.97 Å². The van der Waals surface area contributed by atoms with Gasteiger partial charge in [-0.3, -0.25) is 4.79 Å². The monoisotopic (exact) mass is 234 g/mol. The lowest BCUT2D eigenvalue weighted by atomic mass is 9.79. The van der Waals surface area contributed by atoms with E-state index in [-0.39, 0.29) is 11.7 Å². The van der Waals surface area contributed by atoms with Crippen molar-refractivity contribution < 1.29 is 9.53 Å². The Morgan fingerprint density at radius 2 is 2.24 bits per heavy atom. The van der Waals surface area contributed by atoms with Crippen molar-refractivity contribution in [2.75, 3.05) is 7.11 Å². The molecule has 0 spiro atoms. The van der Waals surface area contributed by atoms with Gasteiger partial charge in [0, 0.05) is 12.0 Å². The number of carbonyl (C=O) groups excluding carboxylic acids is 1. The summed E-state index contributed by atoms with van der Waals surface area (Å²) < 4.78 is 5.01. The molecule has 0 aliphatic heterocycles. The van der Waals surface area contributed by atoms with E-state index in [2.05, 4.69) is 16.9 Å². The Labute approximate surface area is 101 Å². The van der Waals surface area contributed by atoms with Gasteiger partial charge in [0.05, 0.1) is 7.11 Å². The van der Waals surface area contributed by atoms with Gasteiger partial charge in [-0.1, -0.05) is 19.8 Å². The molecule has 4 nitrogen and oxygen atoms in total. The van der Waals surface area contributed by atoms with Gasteiger partial charge in [0.1, 0.15) is 12.0 Å². The van der Waals surface area contributed by atoms with E-state index in [4.69, 9.17) is 4.74 Å². The second-order valence-electron chi connectivity index (χ2n) is 4.78. The molecule has 0 amide bonds. The number of hydrogen-bond acceptors (Lipinski definition) is 4. The second kappa shape index (κ2) is 5.25. The Bertz CT molecular complexity index is 406. The highest BCUT2D eigenvalue weighted by Crippen LogP contribution is 2.30. The van der Waals surface area contributed by atoms with Crippen LogP contribution in [0.15, 0.2) is 12.4 Å². The minimum Gasteiger partial charge on any atom is -0.481 e. The van der Waals surface area contributed by atoms with Crippen LogP contribution < -0.4 is 4.74 Å². The molecule has 2 unspecified atom stereocenters. The fourth-order valence-electron chi connectivity index (χ4n) is 2.47. The van der Waals surface area contributed by atoms with Gasteiger partial charge in [-0.05, 0) is 18.8 Å². The maximum absolute atomic E-state index is 12.3. The average Bonchev–Trinajstić information content (AvgIpc) is 2.38. The molecule has 0 aromatic carbocycles. The molecule has 0 radical (unpaired) electrons. The van der Waals surface area contributed by atoms with Crippen molar-refractivity contribution in [3.63, 3.8) is 0 Å². The van der Waals surface area contributed by atoms with E-state index in [0.717, 1.165) is 19.3 Å². The zero-order valence-electron chi connectivity index (χ0n) is 10.3. The van der Waals surface area contributed by atoms with Gasteiger partial charge < -0.3 is 4.74 Å². The summed E-state index contributed by atoms with van der Waals surface area (Å²) in [7, 11) is 1.54. The lowest BCUT2D eigenvalue weighted by molar-refractivity contribution is 0.0862. The first kappa shape index (κ1) is 12.0. The highest BCUT2D eigenvalue weighted by atomic mass is 16.5. The number of rotatable bonds is 3. The summed E-state index contributed by atoms with van der Waals surface area (Å²) in [5, 5.41) is 0. The van der Waals surface area contributed by atoms with Crippen LogP contribution in [0.5, 0.6) is 5.88 Å². The molecule has 1 aliphatic rings. The molecule has 1 aliphatic carbocycles. The van der Waals surface area contributed by atoms with Crippen LogP contribution in [0.25, 0.3) is 0 Å². The van der Waals surface area contributed by atoms with Gasteiger partial charge in [0.2, 0.25) is 5.88 Å². The second-order valence-corrected chi connectivity index (χ2v) is 4.78. The fraction of sp³-hybridized carbons (Fsp3) is 0.615. The summed E-state index contributed by atoms with van der Waals surface area (Å²) in [6.07, 6.45) is 5.72. The quantitative estimate of drug-likeness (QED) is 0.754. The van der Waals surface area contributed by atoms with Crippen LogP contribution in [0.4, 0.5) is 0 Å². The first-order chi connectivity index (χ1) is 8.20. The Kier molecular flexibility index (Phi) is 3.71. The van der Waals surface area contributed by atoms with Crippen LogP contribution >= 0.6 is 0 Å². The van der Waals surface area contributed by atoms with E-state index < -0.39 is 0 Å². The van der Waals surface area contributed by atoms with Crippen molar-refractivity contribution >= 4 is 5.78 Å². The Hall–Kier alpha value is -1.45. The molecule has 17 heavy (non-hydrogen) atoms. The number of ether oxygens (including phenoxy) is 1. The van der Waals surface area contributed by atoms with E-state index in [1.807, 2.05) is 0 Å². The van der Waals surface area contributed by atoms with E-state index in [0.29, 0.717) is 17.5 Å². The minimum absolute atomic E-state index is 0.123. The van der Waals surface area contributed by atoms with Crippen molar-refractivity contribution in [3.05, 3.63) is 18.1 Å². The van der Waals surface area contributed by atoms with Gasteiger partial charge in [0.25, 0.3) is 0 Å². The van der Waals surface area contributed by atoms with Crippen LogP contribution in [-0.2, 0) is 0 Å². The molecule has 1 heterocycles. The maximum atomic E-state index is 12.3. The summed E-state index contributed by atoms with van der Waals surface area (Å²) in [5.41, 5.74) is 0.482. The third-order valence-electron chi connectivity index (χ3n) is 3.41. The molecule has 1 saturated carbocycles. The highest BCUT2D eigenvalue weighted by molar-refractivity contribution is 5.96. The number of nitrogens with zero attached hydrogens (tertiary/aromatic N) is 2. The summed E-state index contributed by atoms with van der Waals surface area (Å²) in [5.74, 6) is 1.35. The number of aromatic nitrogens is 2. The van der Waals surface area contributed by atoms with E-state index >= 15 is 0 Å². The van der Waals surface area contributed by atoms with Crippen molar-refractivity contribution in [2.24, 2.45) is 11.8 Å². The maximum Gasteiger partial charge on any atom is 0.216 e. The van der Waals surface area contributed by atoms with Crippen molar-refractivity contribution in [3.8, 4) is 5.88 Å². The van der Waals surface area contributed by atoms with Crippen molar-refractivity contribution in [1.82, 2.24) is 9.97 Å². The van der Waals surface area contributed by atoms with Gasteiger partial charge in [-0.15, -0.1) is 0 Å². The zero-order chi connectivity index (χ0) is 12.3. The molecule has 2 atom stereocenters. The molecule has 1 fully saturated rings. The minimum atomic E-state index is 0.123. The predicted molar refractivity (Wildman–Crippen MR) is 64.0 cm³/mol. The summed E-state index contributed by atoms with van der Waals surface area (Å²) in [6.45, 7) is 2.21. The standard InChI is InChI=1S/C13H18N2O2/c1-9-4-3-5-10(6-9)13(16)11-7-12(17-2)15-8-14-11/h7-10H,3-6H2,1-2H3. The Balaban J connectivity index is 2.12. The topological polar surface area (TPSA) is 52.1 Å². The van der Waals surface area contributed by atoms with Gasteiger partial charge >= 0.3 is 0 Å². The Morgan fingerprint density at radius 1 is 1.41 bits per heavy atom. The Morgan fingerprint density at radius 3 is 2.94 bits per heavy atom. The molecule has 92 valence electrons. The zero-order valence-corrected chi connectivity index (χ0v) is 10.3. The molecule has 0 bridgehead atoms. The number of Topliss-reactive ketones (excluding diaryl/α,β-unsaturated/α-hetero) is 1. The molecular weight excluding hydrogens is 216 g/mol. The summed E-state index contributed by atoms with van der Waals surface area (Å²) >= 11 is 0. The molecule has 1 aromatic heterocycles. The molecule has 2 rings (SSSR count). The number of ketones is 1. The normalized spacial score (nSPS) is 24.4. The lowest BCUT2D eigenvalue weighted by Gasteiger charge is -2.25. The molecule has 1 aromatic rings. The van der Waals surface area contributed by atoms with E-state index in [9.17, 15) is 4.79 Å². The van der Waals surface area contributed by atoms with Crippen LogP contribution in [-0.4, -0.2) is 22.9 Å². The lowest BCUT2D eigenvalue weighted by Crippen LogP contribution is -2.22. The molecular formula is C13H18N2O2. The summed E-state index contributed by atoms with van der Waals surface area (Å²) in [6, 6.07) is 1.63. The van der Waals surface area contributed by atoms with Crippen LogP contribution in [0, 0.1) is 11.8 Å². The van der Waals surface area contributed by atoms with Crippen LogP contribution in [0.3, 0.4) is 0 Å². The molecule has 0 saturated heterocycles. The highest BCUT2D eigenvalue weighted by Gasteiger charge is 2.26. The van der Waals surface area contributed by atoms with E-state index in [1.165, 1.54) is 12.7 Å². The van der Waals surface area contributed by atoms with Crippen LogP contribution in [0.2, 0.25) is 0 Å². The number of carbonyl (C=O) groups is 1. The van der Waals surface area contributed by atoms with E-state index in [1.54, 1.807) is 13.2 Å². The number of hydrogen-bond donors (Lipinski definition) is 0. The fourth-order valence-corrected chi connectivity index (χ4v) is 2.47. The number of methoxy groups -OCH3 is 1. The predicted octanol–water partition coefficient (Wildman–Crippen LogP) is 2.49. The third-order valence-corrected chi connectivity index (χ3v) is 3.41. The summed E-state index contributed by atoms with van der Waals surface area (Å²) in [4.78, 5) is 20.2. The molecule has 4 heteroatoms. The van der Waals surface area contributed by atoms with Crippen LogP contribution in [0.1, 0.15) is 43.1 Å². The SMILES string of the molecule is COc1cc(C(=O)C2CCCC(C)C2)ncn1. The van der Waals surface area contributed by atoms with Crippen molar-refractivity contribution in [1.29, 1.82) is 0 Å². The van der Waals surface area contributed by atoms with Crippen molar-refractivity contribution in [2.45, 2.75) is 32.6 Å².